The molecule has 0 aliphatic carbocycles. The van der Waals surface area contributed by atoms with Crippen molar-refractivity contribution in [3.8, 4) is 22.9 Å². The van der Waals surface area contributed by atoms with Gasteiger partial charge in [-0.2, -0.15) is 0 Å². The fraction of sp³-hybridized carbons (Fsp3) is 0.304. The summed E-state index contributed by atoms with van der Waals surface area (Å²) in [7, 11) is 4.91. The predicted octanol–water partition coefficient (Wildman–Crippen LogP) is 3.14. The second kappa shape index (κ2) is 10.8. The van der Waals surface area contributed by atoms with E-state index >= 15 is 0 Å². The van der Waals surface area contributed by atoms with E-state index in [0.717, 1.165) is 5.56 Å². The molecule has 1 aromatic heterocycles. The number of likely N-dealkylation sites (N-methyl/N-ethyl adjacent to an activating group) is 1. The second-order valence-corrected chi connectivity index (χ2v) is 7.65. The zero-order valence-corrected chi connectivity index (χ0v) is 19.0. The molecule has 3 rings (SSSR count). The van der Waals surface area contributed by atoms with Crippen LogP contribution in [0.15, 0.2) is 47.3 Å². The number of H-pyrrole nitrogens is 1. The van der Waals surface area contributed by atoms with Crippen molar-refractivity contribution < 1.29 is 14.3 Å². The number of hydrogen-bond acceptors (Lipinski definition) is 6. The van der Waals surface area contributed by atoms with E-state index in [9.17, 15) is 9.59 Å². The van der Waals surface area contributed by atoms with Gasteiger partial charge in [-0.05, 0) is 36.2 Å². The molecule has 0 aliphatic rings. The lowest BCUT2D eigenvalue weighted by molar-refractivity contribution is -0.129. The summed E-state index contributed by atoms with van der Waals surface area (Å²) in [5.74, 6) is 1.57. The molecule has 0 spiro atoms. The van der Waals surface area contributed by atoms with Crippen molar-refractivity contribution in [2.45, 2.75) is 19.3 Å². The fourth-order valence-corrected chi connectivity index (χ4v) is 3.35. The van der Waals surface area contributed by atoms with Gasteiger partial charge in [-0.3, -0.25) is 9.59 Å². The van der Waals surface area contributed by atoms with Crippen LogP contribution >= 0.6 is 11.6 Å². The topological polar surface area (TPSA) is 97.4 Å². The van der Waals surface area contributed by atoms with Gasteiger partial charge in [0.15, 0.2) is 17.3 Å². The molecule has 0 atom stereocenters. The van der Waals surface area contributed by atoms with Crippen molar-refractivity contribution in [3.63, 3.8) is 0 Å². The predicted molar refractivity (Wildman–Crippen MR) is 122 cm³/mol. The smallest absolute Gasteiger partial charge is 0.273 e. The number of carbonyl (C=O) groups excluding carboxylic acids is 1. The minimum absolute atomic E-state index is 0.0782. The van der Waals surface area contributed by atoms with E-state index in [1.165, 1.54) is 0 Å². The van der Waals surface area contributed by atoms with Crippen LogP contribution in [0.3, 0.4) is 0 Å². The summed E-state index contributed by atoms with van der Waals surface area (Å²) < 4.78 is 10.6. The Morgan fingerprint density at radius 2 is 1.84 bits per heavy atom. The van der Waals surface area contributed by atoms with Gasteiger partial charge in [0.05, 0.1) is 14.2 Å². The molecule has 0 bridgehead atoms. The molecule has 1 amide bonds. The standard InChI is InChI=1S/C23H25ClN4O4/c1-28(12-11-15-7-9-19(31-2)20(13-15)32-3)21(29)10-8-18-23(30)25-22(27-26-18)16-5-4-6-17(24)14-16/h4-7,9,13-14H,8,10-12H2,1-3H3,(H,25,27,30). The summed E-state index contributed by atoms with van der Waals surface area (Å²) in [6.45, 7) is 0.532. The first-order chi connectivity index (χ1) is 15.4. The molecular formula is C23H25ClN4O4. The average molecular weight is 457 g/mol. The summed E-state index contributed by atoms with van der Waals surface area (Å²) in [6.07, 6.45) is 1.03. The van der Waals surface area contributed by atoms with Crippen molar-refractivity contribution in [1.82, 2.24) is 20.1 Å². The van der Waals surface area contributed by atoms with Crippen LogP contribution in [0.5, 0.6) is 11.5 Å². The van der Waals surface area contributed by atoms with E-state index < -0.39 is 0 Å². The van der Waals surface area contributed by atoms with E-state index in [1.54, 1.807) is 50.4 Å². The molecule has 1 heterocycles. The van der Waals surface area contributed by atoms with Gasteiger partial charge in [0.2, 0.25) is 5.91 Å². The highest BCUT2D eigenvalue weighted by molar-refractivity contribution is 6.30. The number of amides is 1. The van der Waals surface area contributed by atoms with Gasteiger partial charge in [-0.25, -0.2) is 0 Å². The highest BCUT2D eigenvalue weighted by Crippen LogP contribution is 2.27. The molecule has 1 N–H and O–H groups in total. The number of ether oxygens (including phenoxy) is 2. The van der Waals surface area contributed by atoms with Gasteiger partial charge in [0, 0.05) is 37.0 Å². The third-order valence-electron chi connectivity index (χ3n) is 5.05. The van der Waals surface area contributed by atoms with Crippen LogP contribution in [0, 0.1) is 0 Å². The van der Waals surface area contributed by atoms with Crippen LogP contribution in [-0.4, -0.2) is 53.8 Å². The van der Waals surface area contributed by atoms with Crippen LogP contribution in [0.4, 0.5) is 0 Å². The van der Waals surface area contributed by atoms with Crippen LogP contribution in [0.2, 0.25) is 5.02 Å². The largest absolute Gasteiger partial charge is 0.493 e. The molecule has 2 aromatic carbocycles. The number of nitrogens with one attached hydrogen (secondary N) is 1. The summed E-state index contributed by atoms with van der Waals surface area (Å²) in [6, 6.07) is 12.7. The quantitative estimate of drug-likeness (QED) is 0.531. The molecule has 168 valence electrons. The molecular weight excluding hydrogens is 432 g/mol. The summed E-state index contributed by atoms with van der Waals surface area (Å²) >= 11 is 5.98. The van der Waals surface area contributed by atoms with Crippen LogP contribution < -0.4 is 15.0 Å². The Hall–Kier alpha value is -3.39. The number of halogens is 1. The summed E-state index contributed by atoms with van der Waals surface area (Å²) in [5, 5.41) is 8.62. The van der Waals surface area contributed by atoms with Gasteiger partial charge in [-0.15, -0.1) is 10.2 Å². The number of aryl methyl sites for hydroxylation is 1. The highest BCUT2D eigenvalue weighted by atomic mass is 35.5. The molecule has 9 heteroatoms. The Balaban J connectivity index is 1.55. The van der Waals surface area contributed by atoms with E-state index in [1.807, 2.05) is 18.2 Å². The minimum atomic E-state index is -0.365. The monoisotopic (exact) mass is 456 g/mol. The van der Waals surface area contributed by atoms with Gasteiger partial charge in [0.1, 0.15) is 5.69 Å². The summed E-state index contributed by atoms with van der Waals surface area (Å²) in [4.78, 5) is 29.2. The maximum Gasteiger partial charge on any atom is 0.273 e. The molecule has 3 aromatic rings. The molecule has 0 saturated carbocycles. The average Bonchev–Trinajstić information content (AvgIpc) is 2.81. The van der Waals surface area contributed by atoms with Gasteiger partial charge < -0.3 is 19.4 Å². The van der Waals surface area contributed by atoms with E-state index in [2.05, 4.69) is 15.2 Å². The molecule has 8 nitrogen and oxygen atoms in total. The van der Waals surface area contributed by atoms with Crippen molar-refractivity contribution in [2.75, 3.05) is 27.8 Å². The Kier molecular flexibility index (Phi) is 7.83. The zero-order valence-electron chi connectivity index (χ0n) is 18.2. The third kappa shape index (κ3) is 5.85. The van der Waals surface area contributed by atoms with Crippen LogP contribution in [0.25, 0.3) is 11.4 Å². The lowest BCUT2D eigenvalue weighted by Gasteiger charge is -2.17. The van der Waals surface area contributed by atoms with Crippen LogP contribution in [-0.2, 0) is 17.6 Å². The molecule has 0 fully saturated rings. The molecule has 0 radical (unpaired) electrons. The first kappa shape index (κ1) is 23.3. The number of carbonyl (C=O) groups is 1. The lowest BCUT2D eigenvalue weighted by atomic mass is 10.1. The number of methoxy groups -OCH3 is 2. The Labute approximate surface area is 191 Å². The number of hydrogen-bond donors (Lipinski definition) is 1. The minimum Gasteiger partial charge on any atom is -0.493 e. The number of benzene rings is 2. The maximum absolute atomic E-state index is 12.5. The Morgan fingerprint density at radius 3 is 2.53 bits per heavy atom. The maximum atomic E-state index is 12.5. The third-order valence-corrected chi connectivity index (χ3v) is 5.28. The van der Waals surface area contributed by atoms with E-state index in [4.69, 9.17) is 21.1 Å². The molecule has 0 aliphatic heterocycles. The SMILES string of the molecule is COc1ccc(CCN(C)C(=O)CCc2nnc(-c3cccc(Cl)c3)[nH]c2=O)cc1OC. The number of nitrogens with zero attached hydrogens (tertiary/aromatic N) is 3. The van der Waals surface area contributed by atoms with Crippen molar-refractivity contribution >= 4 is 17.5 Å². The van der Waals surface area contributed by atoms with Gasteiger partial charge in [-0.1, -0.05) is 29.8 Å². The van der Waals surface area contributed by atoms with Gasteiger partial charge >= 0.3 is 0 Å². The first-order valence-corrected chi connectivity index (χ1v) is 10.5. The Bertz CT molecular complexity index is 1150. The van der Waals surface area contributed by atoms with Gasteiger partial charge in [0.25, 0.3) is 5.56 Å². The number of rotatable bonds is 9. The van der Waals surface area contributed by atoms with Crippen molar-refractivity contribution in [3.05, 3.63) is 69.1 Å². The van der Waals surface area contributed by atoms with Crippen molar-refractivity contribution in [1.29, 1.82) is 0 Å². The van der Waals surface area contributed by atoms with Crippen molar-refractivity contribution in [2.24, 2.45) is 0 Å². The second-order valence-electron chi connectivity index (χ2n) is 7.21. The number of aromatic nitrogens is 3. The number of aromatic amines is 1. The first-order valence-electron chi connectivity index (χ1n) is 10.1. The molecule has 32 heavy (non-hydrogen) atoms. The normalized spacial score (nSPS) is 10.6. The lowest BCUT2D eigenvalue weighted by Crippen LogP contribution is -2.30. The molecule has 0 unspecified atom stereocenters. The zero-order chi connectivity index (χ0) is 23.1. The summed E-state index contributed by atoms with van der Waals surface area (Å²) in [5.41, 5.74) is 1.55. The Morgan fingerprint density at radius 1 is 1.06 bits per heavy atom. The fourth-order valence-electron chi connectivity index (χ4n) is 3.16. The highest BCUT2D eigenvalue weighted by Gasteiger charge is 2.13. The molecule has 0 saturated heterocycles. The van der Waals surface area contributed by atoms with E-state index in [0.29, 0.717) is 40.9 Å². The van der Waals surface area contributed by atoms with Crippen LogP contribution in [0.1, 0.15) is 17.7 Å². The van der Waals surface area contributed by atoms with E-state index in [-0.39, 0.29) is 30.0 Å².